The molecule has 0 fully saturated rings. The van der Waals surface area contributed by atoms with Crippen molar-refractivity contribution >= 4 is 5.52 Å². The van der Waals surface area contributed by atoms with Gasteiger partial charge in [-0.15, -0.1) is 0 Å². The number of benzene rings is 2. The zero-order chi connectivity index (χ0) is 26.1. The lowest BCUT2D eigenvalue weighted by Crippen LogP contribution is -2.22. The van der Waals surface area contributed by atoms with Crippen LogP contribution in [0.2, 0.25) is 0 Å². The smallest absolute Gasteiger partial charge is 0.276 e. The molecule has 0 bridgehead atoms. The highest BCUT2D eigenvalue weighted by molar-refractivity contribution is 5.69. The molecule has 10 heteroatoms. The first-order valence-electron chi connectivity index (χ1n) is 11.5. The standard InChI is InChI=1S/C27H26N4O6/c1-16-20(28-26(37-16)18-7-6-8-23(34-3)25(18)36-5)15-30-11-12-31-21(27(30)32)14-19(29-31)17-9-10-22(33-2)24(13-17)35-4/h6-14H,15H2,1-5H3. The van der Waals surface area contributed by atoms with Crippen LogP contribution in [0.5, 0.6) is 23.0 Å². The Morgan fingerprint density at radius 1 is 0.892 bits per heavy atom. The maximum atomic E-state index is 13.3. The van der Waals surface area contributed by atoms with Crippen molar-refractivity contribution in [2.24, 2.45) is 0 Å². The zero-order valence-electron chi connectivity index (χ0n) is 21.1. The van der Waals surface area contributed by atoms with Gasteiger partial charge in [0.15, 0.2) is 23.0 Å². The molecule has 3 heterocycles. The van der Waals surface area contributed by atoms with E-state index in [9.17, 15) is 4.79 Å². The molecule has 0 radical (unpaired) electrons. The molecule has 10 nitrogen and oxygen atoms in total. The summed E-state index contributed by atoms with van der Waals surface area (Å²) in [6.07, 6.45) is 3.42. The van der Waals surface area contributed by atoms with Gasteiger partial charge in [0.25, 0.3) is 5.56 Å². The Kier molecular flexibility index (Phi) is 6.31. The first-order valence-corrected chi connectivity index (χ1v) is 11.5. The minimum atomic E-state index is -0.204. The average Bonchev–Trinajstić information content (AvgIpc) is 3.53. The zero-order valence-corrected chi connectivity index (χ0v) is 21.1. The Morgan fingerprint density at radius 2 is 1.68 bits per heavy atom. The van der Waals surface area contributed by atoms with E-state index >= 15 is 0 Å². The molecule has 5 rings (SSSR count). The number of para-hydroxylation sites is 1. The van der Waals surface area contributed by atoms with Gasteiger partial charge >= 0.3 is 0 Å². The predicted octanol–water partition coefficient (Wildman–Crippen LogP) is 4.21. The number of methoxy groups -OCH3 is 4. The molecule has 0 unspecified atom stereocenters. The number of hydrogen-bond donors (Lipinski definition) is 0. The van der Waals surface area contributed by atoms with Gasteiger partial charge in [-0.2, -0.15) is 5.10 Å². The highest BCUT2D eigenvalue weighted by atomic mass is 16.5. The first-order chi connectivity index (χ1) is 18.0. The van der Waals surface area contributed by atoms with Crippen LogP contribution in [0.3, 0.4) is 0 Å². The SMILES string of the molecule is COc1ccc(-c2cc3c(=O)n(Cc4nc(-c5cccc(OC)c5OC)oc4C)ccn3n2)cc1OC. The summed E-state index contributed by atoms with van der Waals surface area (Å²) < 4.78 is 30.7. The number of rotatable bonds is 8. The number of aromatic nitrogens is 4. The van der Waals surface area contributed by atoms with Gasteiger partial charge in [0.2, 0.25) is 5.89 Å². The van der Waals surface area contributed by atoms with Crippen molar-refractivity contribution in [2.75, 3.05) is 28.4 Å². The largest absolute Gasteiger partial charge is 0.493 e. The molecule has 0 saturated carbocycles. The summed E-state index contributed by atoms with van der Waals surface area (Å²) in [6.45, 7) is 2.05. The maximum absolute atomic E-state index is 13.3. The van der Waals surface area contributed by atoms with Crippen LogP contribution in [0.1, 0.15) is 11.5 Å². The Labute approximate surface area is 212 Å². The van der Waals surface area contributed by atoms with Gasteiger partial charge < -0.3 is 27.9 Å². The molecule has 37 heavy (non-hydrogen) atoms. The molecule has 0 aliphatic carbocycles. The van der Waals surface area contributed by atoms with Crippen LogP contribution < -0.4 is 24.5 Å². The minimum absolute atomic E-state index is 0.204. The van der Waals surface area contributed by atoms with Crippen molar-refractivity contribution in [1.29, 1.82) is 0 Å². The molecule has 0 saturated heterocycles. The number of aryl methyl sites for hydroxylation is 1. The lowest BCUT2D eigenvalue weighted by atomic mass is 10.1. The second kappa shape index (κ2) is 9.73. The molecular formula is C27H26N4O6. The fourth-order valence-corrected chi connectivity index (χ4v) is 4.19. The van der Waals surface area contributed by atoms with Crippen LogP contribution >= 0.6 is 0 Å². The van der Waals surface area contributed by atoms with Gasteiger partial charge in [0, 0.05) is 18.0 Å². The summed E-state index contributed by atoms with van der Waals surface area (Å²) in [4.78, 5) is 18.0. The lowest BCUT2D eigenvalue weighted by Gasteiger charge is -2.10. The summed E-state index contributed by atoms with van der Waals surface area (Å²) in [7, 11) is 6.29. The van der Waals surface area contributed by atoms with Crippen LogP contribution in [0, 0.1) is 6.92 Å². The van der Waals surface area contributed by atoms with E-state index in [4.69, 9.17) is 23.4 Å². The van der Waals surface area contributed by atoms with Crippen molar-refractivity contribution in [1.82, 2.24) is 19.2 Å². The fraction of sp³-hybridized carbons (Fsp3) is 0.222. The van der Waals surface area contributed by atoms with E-state index in [1.807, 2.05) is 31.2 Å². The number of hydrogen-bond acceptors (Lipinski definition) is 8. The van der Waals surface area contributed by atoms with Gasteiger partial charge in [-0.05, 0) is 43.3 Å². The number of nitrogens with zero attached hydrogens (tertiary/aromatic N) is 4. The molecule has 2 aromatic carbocycles. The molecule has 0 amide bonds. The molecule has 5 aromatic rings. The first kappa shape index (κ1) is 24.0. The fourth-order valence-electron chi connectivity index (χ4n) is 4.19. The lowest BCUT2D eigenvalue weighted by molar-refractivity contribution is 0.355. The van der Waals surface area contributed by atoms with E-state index in [0.29, 0.717) is 57.1 Å². The Bertz CT molecular complexity index is 1650. The van der Waals surface area contributed by atoms with Crippen molar-refractivity contribution in [3.05, 3.63) is 76.7 Å². The molecule has 0 N–H and O–H groups in total. The van der Waals surface area contributed by atoms with E-state index in [0.717, 1.165) is 5.56 Å². The monoisotopic (exact) mass is 502 g/mol. The van der Waals surface area contributed by atoms with E-state index in [1.54, 1.807) is 68.1 Å². The van der Waals surface area contributed by atoms with Gasteiger partial charge in [-0.1, -0.05) is 6.07 Å². The van der Waals surface area contributed by atoms with E-state index in [1.165, 1.54) is 0 Å². The number of fused-ring (bicyclic) bond motifs is 1. The van der Waals surface area contributed by atoms with Crippen LogP contribution in [0.4, 0.5) is 0 Å². The molecule has 3 aromatic heterocycles. The highest BCUT2D eigenvalue weighted by Crippen LogP contribution is 2.38. The topological polar surface area (TPSA) is 102 Å². The van der Waals surface area contributed by atoms with E-state index in [-0.39, 0.29) is 12.1 Å². The maximum Gasteiger partial charge on any atom is 0.276 e. The van der Waals surface area contributed by atoms with Gasteiger partial charge in [0.1, 0.15) is 17.0 Å². The molecule has 0 spiro atoms. The average molecular weight is 503 g/mol. The predicted molar refractivity (Wildman–Crippen MR) is 137 cm³/mol. The number of oxazole rings is 1. The van der Waals surface area contributed by atoms with Crippen LogP contribution in [-0.2, 0) is 6.54 Å². The van der Waals surface area contributed by atoms with Crippen LogP contribution in [0.25, 0.3) is 28.2 Å². The van der Waals surface area contributed by atoms with E-state index < -0.39 is 0 Å². The minimum Gasteiger partial charge on any atom is -0.493 e. The quantitative estimate of drug-likeness (QED) is 0.311. The summed E-state index contributed by atoms with van der Waals surface area (Å²) in [6, 6.07) is 12.7. The summed E-state index contributed by atoms with van der Waals surface area (Å²) >= 11 is 0. The second-order valence-electron chi connectivity index (χ2n) is 8.22. The third-order valence-corrected chi connectivity index (χ3v) is 6.13. The molecule has 0 atom stereocenters. The second-order valence-corrected chi connectivity index (χ2v) is 8.22. The van der Waals surface area contributed by atoms with Crippen LogP contribution in [0.15, 0.2) is 64.1 Å². The molecule has 0 aliphatic rings. The van der Waals surface area contributed by atoms with Crippen LogP contribution in [-0.4, -0.2) is 47.6 Å². The third-order valence-electron chi connectivity index (χ3n) is 6.13. The highest BCUT2D eigenvalue weighted by Gasteiger charge is 2.19. The van der Waals surface area contributed by atoms with E-state index in [2.05, 4.69) is 10.1 Å². The third kappa shape index (κ3) is 4.26. The Hall–Kier alpha value is -4.73. The summed E-state index contributed by atoms with van der Waals surface area (Å²) in [5, 5.41) is 4.57. The van der Waals surface area contributed by atoms with Gasteiger partial charge in [-0.3, -0.25) is 4.79 Å². The van der Waals surface area contributed by atoms with Crippen molar-refractivity contribution < 1.29 is 23.4 Å². The normalized spacial score (nSPS) is 11.1. The van der Waals surface area contributed by atoms with Crippen molar-refractivity contribution in [2.45, 2.75) is 13.5 Å². The summed E-state index contributed by atoms with van der Waals surface area (Å²) in [5.41, 5.74) is 2.96. The molecular weight excluding hydrogens is 476 g/mol. The Morgan fingerprint density at radius 3 is 2.41 bits per heavy atom. The van der Waals surface area contributed by atoms with Crippen molar-refractivity contribution in [3.63, 3.8) is 0 Å². The van der Waals surface area contributed by atoms with Crippen molar-refractivity contribution in [3.8, 4) is 45.7 Å². The Balaban J connectivity index is 1.49. The van der Waals surface area contributed by atoms with Gasteiger partial charge in [0.05, 0.1) is 46.2 Å². The number of ether oxygens (including phenoxy) is 4. The van der Waals surface area contributed by atoms with Gasteiger partial charge in [-0.25, -0.2) is 9.50 Å². The molecule has 0 aliphatic heterocycles. The molecule has 190 valence electrons. The summed E-state index contributed by atoms with van der Waals surface area (Å²) in [5.74, 6) is 3.29.